The molecule has 20 heavy (non-hydrogen) atoms. The van der Waals surface area contributed by atoms with E-state index in [0.29, 0.717) is 0 Å². The zero-order chi connectivity index (χ0) is 15.4. The Labute approximate surface area is 124 Å². The Bertz CT molecular complexity index is 450. The van der Waals surface area contributed by atoms with Gasteiger partial charge in [-0.3, -0.25) is 5.32 Å². The summed E-state index contributed by atoms with van der Waals surface area (Å²) in [6.45, 7) is 16.1. The molecule has 1 atom stereocenters. The molecule has 0 aromatic carbocycles. The van der Waals surface area contributed by atoms with Crippen molar-refractivity contribution < 1.29 is 0 Å². The Morgan fingerprint density at radius 2 is 1.65 bits per heavy atom. The zero-order valence-electron chi connectivity index (χ0n) is 14.1. The van der Waals surface area contributed by atoms with Crippen molar-refractivity contribution in [2.24, 2.45) is 5.41 Å². The second-order valence-electron chi connectivity index (χ2n) is 5.81. The summed E-state index contributed by atoms with van der Waals surface area (Å²) in [4.78, 5) is 0. The van der Waals surface area contributed by atoms with E-state index >= 15 is 0 Å². The van der Waals surface area contributed by atoms with Gasteiger partial charge < -0.3 is 5.32 Å². The fraction of sp³-hybridized carbons (Fsp3) is 0.556. The summed E-state index contributed by atoms with van der Waals surface area (Å²) in [5.74, 6) is 0. The van der Waals surface area contributed by atoms with Crippen molar-refractivity contribution in [3.8, 4) is 0 Å². The topological polar surface area (TPSA) is 24.1 Å². The van der Waals surface area contributed by atoms with E-state index in [1.165, 1.54) is 16.8 Å². The van der Waals surface area contributed by atoms with E-state index in [1.54, 1.807) is 0 Å². The number of hydrogen-bond donors (Lipinski definition) is 2. The number of likely N-dealkylation sites (N-methyl/N-ethyl adjacent to an activating group) is 1. The monoisotopic (exact) mass is 274 g/mol. The second-order valence-corrected chi connectivity index (χ2v) is 5.81. The van der Waals surface area contributed by atoms with Crippen LogP contribution >= 0.6 is 0 Å². The van der Waals surface area contributed by atoms with Gasteiger partial charge in [-0.25, -0.2) is 0 Å². The number of hydrogen-bond acceptors (Lipinski definition) is 2. The van der Waals surface area contributed by atoms with Crippen molar-refractivity contribution in [2.45, 2.75) is 54.1 Å². The summed E-state index contributed by atoms with van der Waals surface area (Å²) in [5, 5.41) is 7.36. The highest BCUT2D eigenvalue weighted by Crippen LogP contribution is 2.59. The number of nitrogens with one attached hydrogen (secondary N) is 2. The van der Waals surface area contributed by atoms with Gasteiger partial charge >= 0.3 is 0 Å². The summed E-state index contributed by atoms with van der Waals surface area (Å²) in [7, 11) is 0. The molecule has 1 saturated carbocycles. The van der Waals surface area contributed by atoms with E-state index in [4.69, 9.17) is 0 Å². The molecule has 0 spiro atoms. The lowest BCUT2D eigenvalue weighted by atomic mass is 10.1. The minimum atomic E-state index is -0.102. The number of rotatable bonds is 6. The van der Waals surface area contributed by atoms with Crippen LogP contribution in [0.3, 0.4) is 0 Å². The molecule has 112 valence electrons. The van der Waals surface area contributed by atoms with Gasteiger partial charge in [-0.05, 0) is 45.4 Å². The van der Waals surface area contributed by atoms with Crippen molar-refractivity contribution in [1.82, 2.24) is 10.6 Å². The third-order valence-electron chi connectivity index (χ3n) is 4.18. The quantitative estimate of drug-likeness (QED) is 0.429. The second kappa shape index (κ2) is 6.45. The summed E-state index contributed by atoms with van der Waals surface area (Å²) in [6.07, 6.45) is 10.7. The van der Waals surface area contributed by atoms with Crippen molar-refractivity contribution in [1.29, 1.82) is 0 Å². The van der Waals surface area contributed by atoms with Crippen LogP contribution in [0.4, 0.5) is 0 Å². The highest BCUT2D eigenvalue weighted by Gasteiger charge is 2.66. The molecule has 0 bridgehead atoms. The predicted octanol–water partition coefficient (Wildman–Crippen LogP) is 4.29. The smallest absolute Gasteiger partial charge is 0.120 e. The molecule has 0 aromatic rings. The van der Waals surface area contributed by atoms with E-state index < -0.39 is 0 Å². The predicted molar refractivity (Wildman–Crippen MR) is 89.4 cm³/mol. The van der Waals surface area contributed by atoms with Crippen LogP contribution in [0.5, 0.6) is 0 Å². The molecule has 2 N–H and O–H groups in total. The first-order valence-electron chi connectivity index (χ1n) is 7.58. The summed E-state index contributed by atoms with van der Waals surface area (Å²) < 4.78 is 0. The molecule has 0 amide bonds. The van der Waals surface area contributed by atoms with Gasteiger partial charge in [0.2, 0.25) is 0 Å². The van der Waals surface area contributed by atoms with Gasteiger partial charge in [0.25, 0.3) is 0 Å². The van der Waals surface area contributed by atoms with Crippen LogP contribution in [-0.2, 0) is 0 Å². The van der Waals surface area contributed by atoms with Gasteiger partial charge in [0.05, 0.1) is 0 Å². The lowest BCUT2D eigenvalue weighted by molar-refractivity contribution is 0.363. The summed E-state index contributed by atoms with van der Waals surface area (Å²) in [5.41, 5.74) is 3.91. The number of allylic oxidation sites excluding steroid dienone is 7. The van der Waals surface area contributed by atoms with Crippen LogP contribution in [-0.4, -0.2) is 12.2 Å². The summed E-state index contributed by atoms with van der Waals surface area (Å²) >= 11 is 0. The Morgan fingerprint density at radius 1 is 1.10 bits per heavy atom. The van der Waals surface area contributed by atoms with Crippen molar-refractivity contribution >= 4 is 0 Å². The largest absolute Gasteiger partial charge is 0.366 e. The molecule has 1 fully saturated rings. The Balaban J connectivity index is 3.13. The molecule has 2 heteroatoms. The average Bonchev–Trinajstić information content (AvgIpc) is 2.83. The molecule has 1 unspecified atom stereocenters. The van der Waals surface area contributed by atoms with Crippen LogP contribution in [0.25, 0.3) is 0 Å². The van der Waals surface area contributed by atoms with E-state index in [2.05, 4.69) is 89.5 Å². The van der Waals surface area contributed by atoms with Crippen molar-refractivity contribution in [3.05, 3.63) is 47.2 Å². The minimum Gasteiger partial charge on any atom is -0.366 e. The molecule has 2 nitrogen and oxygen atoms in total. The first-order chi connectivity index (χ1) is 9.41. The van der Waals surface area contributed by atoms with Gasteiger partial charge in [0, 0.05) is 11.1 Å². The molecule has 1 rings (SSSR count). The van der Waals surface area contributed by atoms with Crippen LogP contribution in [0.15, 0.2) is 47.2 Å². The van der Waals surface area contributed by atoms with Crippen LogP contribution in [0, 0.1) is 5.41 Å². The lowest BCUT2D eigenvalue weighted by Crippen LogP contribution is -2.48. The van der Waals surface area contributed by atoms with Gasteiger partial charge in [-0.15, -0.1) is 0 Å². The molecular formula is C18H30N2. The maximum Gasteiger partial charge on any atom is 0.120 e. The maximum atomic E-state index is 3.73. The third kappa shape index (κ3) is 2.76. The van der Waals surface area contributed by atoms with E-state index in [1.807, 2.05) is 0 Å². The first-order valence-corrected chi connectivity index (χ1v) is 7.58. The van der Waals surface area contributed by atoms with Crippen molar-refractivity contribution in [3.63, 3.8) is 0 Å². The summed E-state index contributed by atoms with van der Waals surface area (Å²) in [6, 6.07) is 0. The minimum absolute atomic E-state index is 0.102. The average molecular weight is 274 g/mol. The highest BCUT2D eigenvalue weighted by molar-refractivity contribution is 5.51. The van der Waals surface area contributed by atoms with Gasteiger partial charge in [0.1, 0.15) is 5.66 Å². The molecule has 0 aliphatic heterocycles. The normalized spacial score (nSPS) is 28.2. The van der Waals surface area contributed by atoms with Crippen LogP contribution < -0.4 is 10.6 Å². The highest BCUT2D eigenvalue weighted by atomic mass is 15.3. The van der Waals surface area contributed by atoms with Gasteiger partial charge in [-0.2, -0.15) is 0 Å². The molecule has 0 saturated heterocycles. The molecule has 1 aliphatic carbocycles. The van der Waals surface area contributed by atoms with Crippen LogP contribution in [0.2, 0.25) is 0 Å². The molecule has 0 aromatic heterocycles. The lowest BCUT2D eigenvalue weighted by Gasteiger charge is -2.25. The zero-order valence-corrected chi connectivity index (χ0v) is 14.1. The Hall–Kier alpha value is -1.28. The Morgan fingerprint density at radius 3 is 2.00 bits per heavy atom. The SMILES string of the molecule is C/C=C\C(/C=C/C)=C(C)NC1(NCC)/C(=C\C)C1(C)C. The van der Waals surface area contributed by atoms with Crippen LogP contribution in [0.1, 0.15) is 48.5 Å². The maximum absolute atomic E-state index is 3.73. The molecular weight excluding hydrogens is 244 g/mol. The van der Waals surface area contributed by atoms with E-state index in [-0.39, 0.29) is 11.1 Å². The standard InChI is InChI=1S/C18H30N2/c1-8-12-15(13-9-2)14(5)20-18(19-11-4)16(10-3)17(18,6)7/h8-10,12-13,19-20H,11H2,1-7H3/b12-8-,13-9+,15-14?,16-10-. The fourth-order valence-corrected chi connectivity index (χ4v) is 3.13. The van der Waals surface area contributed by atoms with E-state index in [9.17, 15) is 0 Å². The fourth-order valence-electron chi connectivity index (χ4n) is 3.13. The third-order valence-corrected chi connectivity index (χ3v) is 4.18. The molecule has 0 radical (unpaired) electrons. The molecule has 1 aliphatic rings. The van der Waals surface area contributed by atoms with E-state index in [0.717, 1.165) is 6.54 Å². The molecule has 0 heterocycles. The Kier molecular flexibility index (Phi) is 5.41. The van der Waals surface area contributed by atoms with Gasteiger partial charge in [0.15, 0.2) is 0 Å². The van der Waals surface area contributed by atoms with Crippen molar-refractivity contribution in [2.75, 3.05) is 6.54 Å². The first kappa shape index (κ1) is 16.8. The van der Waals surface area contributed by atoms with Gasteiger partial charge in [-0.1, -0.05) is 51.2 Å².